The van der Waals surface area contributed by atoms with Crippen molar-refractivity contribution in [3.8, 4) is 6.07 Å². The summed E-state index contributed by atoms with van der Waals surface area (Å²) in [5, 5.41) is 29.3. The molecule has 1 unspecified atom stereocenters. The number of aryl methyl sites for hydroxylation is 1. The number of fused-ring (bicyclic) bond motifs is 1. The molecule has 33 heavy (non-hydrogen) atoms. The van der Waals surface area contributed by atoms with Gasteiger partial charge in [0.15, 0.2) is 0 Å². The molecule has 0 saturated heterocycles. The van der Waals surface area contributed by atoms with Gasteiger partial charge in [0, 0.05) is 18.3 Å². The number of aromatic nitrogens is 2. The van der Waals surface area contributed by atoms with Gasteiger partial charge in [-0.3, -0.25) is 4.79 Å². The number of aliphatic hydroxyl groups is 1. The number of carbonyl (C=O) groups is 1. The molecule has 0 bridgehead atoms. The number of anilines is 3. The number of hydrogen-bond acceptors (Lipinski definition) is 7. The summed E-state index contributed by atoms with van der Waals surface area (Å²) in [6.45, 7) is 6.75. The molecule has 2 heterocycles. The maximum Gasteiger partial charge on any atom is 0.232 e. The first kappa shape index (κ1) is 23.0. The Bertz CT molecular complexity index is 1080. The molecule has 3 atom stereocenters. The summed E-state index contributed by atoms with van der Waals surface area (Å²) in [5.74, 6) is 0.743. The van der Waals surface area contributed by atoms with Crippen molar-refractivity contribution in [1.29, 1.82) is 5.26 Å². The highest BCUT2D eigenvalue weighted by Gasteiger charge is 2.36. The molecule has 1 aliphatic heterocycles. The predicted molar refractivity (Wildman–Crippen MR) is 128 cm³/mol. The highest BCUT2D eigenvalue weighted by atomic mass is 16.3. The Morgan fingerprint density at radius 2 is 2.15 bits per heavy atom. The van der Waals surface area contributed by atoms with Gasteiger partial charge in [-0.05, 0) is 54.7 Å². The van der Waals surface area contributed by atoms with Gasteiger partial charge < -0.3 is 21.1 Å². The Morgan fingerprint density at radius 3 is 2.88 bits per heavy atom. The number of aliphatic hydroxyl groups excluding tert-OH is 1. The number of nitriles is 1. The summed E-state index contributed by atoms with van der Waals surface area (Å²) in [7, 11) is 0. The van der Waals surface area contributed by atoms with Gasteiger partial charge in [0.05, 0.1) is 18.2 Å². The number of rotatable bonds is 7. The molecule has 8 heteroatoms. The molecule has 1 fully saturated rings. The molecule has 2 aromatic rings. The SMILES string of the molecule is CCc1ccc2c(c1)C(CCNc1ncc(C#N)c(N[C@@H]3CC[C@H](O)C(C)(C)C3)n1)C(=O)N2. The van der Waals surface area contributed by atoms with Crippen LogP contribution < -0.4 is 16.0 Å². The minimum absolute atomic E-state index is 0.0188. The monoisotopic (exact) mass is 448 g/mol. The van der Waals surface area contributed by atoms with E-state index in [1.54, 1.807) is 0 Å². The number of carbonyl (C=O) groups excluding carboxylic acids is 1. The molecule has 1 saturated carbocycles. The normalized spacial score (nSPS) is 23.4. The summed E-state index contributed by atoms with van der Waals surface area (Å²) >= 11 is 0. The lowest BCUT2D eigenvalue weighted by atomic mass is 9.73. The quantitative estimate of drug-likeness (QED) is 0.508. The topological polar surface area (TPSA) is 123 Å². The first-order valence-electron chi connectivity index (χ1n) is 11.7. The van der Waals surface area contributed by atoms with E-state index in [-0.39, 0.29) is 29.4 Å². The van der Waals surface area contributed by atoms with E-state index in [1.165, 1.54) is 11.8 Å². The maximum absolute atomic E-state index is 12.5. The van der Waals surface area contributed by atoms with E-state index in [0.717, 1.165) is 30.5 Å². The Morgan fingerprint density at radius 1 is 1.33 bits per heavy atom. The van der Waals surface area contributed by atoms with Crippen LogP contribution in [0.25, 0.3) is 0 Å². The fourth-order valence-corrected chi connectivity index (χ4v) is 4.81. The first-order chi connectivity index (χ1) is 15.8. The van der Waals surface area contributed by atoms with Gasteiger partial charge >= 0.3 is 0 Å². The Hall–Kier alpha value is -3.18. The zero-order valence-electron chi connectivity index (χ0n) is 19.5. The average molecular weight is 449 g/mol. The summed E-state index contributed by atoms with van der Waals surface area (Å²) in [4.78, 5) is 21.3. The molecule has 1 aromatic heterocycles. The highest BCUT2D eigenvalue weighted by molar-refractivity contribution is 6.02. The molecule has 1 aromatic carbocycles. The van der Waals surface area contributed by atoms with E-state index >= 15 is 0 Å². The summed E-state index contributed by atoms with van der Waals surface area (Å²) in [5.41, 5.74) is 3.36. The molecule has 4 N–H and O–H groups in total. The number of nitrogens with one attached hydrogen (secondary N) is 3. The van der Waals surface area contributed by atoms with Crippen molar-refractivity contribution in [3.63, 3.8) is 0 Å². The summed E-state index contributed by atoms with van der Waals surface area (Å²) < 4.78 is 0. The van der Waals surface area contributed by atoms with Gasteiger partial charge in [0.2, 0.25) is 11.9 Å². The van der Waals surface area contributed by atoms with Gasteiger partial charge in [-0.2, -0.15) is 10.2 Å². The first-order valence-corrected chi connectivity index (χ1v) is 11.7. The molecule has 2 aliphatic rings. The third-order valence-electron chi connectivity index (χ3n) is 6.90. The van der Waals surface area contributed by atoms with Crippen LogP contribution >= 0.6 is 0 Å². The fraction of sp³-hybridized carbons (Fsp3) is 0.520. The van der Waals surface area contributed by atoms with Crippen molar-refractivity contribution in [2.45, 2.75) is 70.9 Å². The second kappa shape index (κ2) is 9.36. The lowest BCUT2D eigenvalue weighted by molar-refractivity contribution is -0.117. The maximum atomic E-state index is 12.5. The van der Waals surface area contributed by atoms with Crippen molar-refractivity contribution in [3.05, 3.63) is 41.1 Å². The lowest BCUT2D eigenvalue weighted by Crippen LogP contribution is -2.41. The Labute approximate surface area is 194 Å². The number of amides is 1. The van der Waals surface area contributed by atoms with E-state index in [1.807, 2.05) is 12.1 Å². The smallest absolute Gasteiger partial charge is 0.232 e. The largest absolute Gasteiger partial charge is 0.393 e. The Balaban J connectivity index is 1.41. The number of hydrogen-bond donors (Lipinski definition) is 4. The average Bonchev–Trinajstić information content (AvgIpc) is 3.10. The van der Waals surface area contributed by atoms with Crippen LogP contribution in [0.1, 0.15) is 69.1 Å². The molecule has 8 nitrogen and oxygen atoms in total. The lowest BCUT2D eigenvalue weighted by Gasteiger charge is -2.40. The molecule has 1 aliphatic carbocycles. The van der Waals surface area contributed by atoms with E-state index in [9.17, 15) is 15.2 Å². The van der Waals surface area contributed by atoms with Crippen LogP contribution in [0.4, 0.5) is 17.5 Å². The standard InChI is InChI=1S/C25H32N6O2/c1-4-15-5-7-20-19(11-15)18(23(33)30-20)9-10-27-24-28-14-16(13-26)22(31-24)29-17-6-8-21(32)25(2,3)12-17/h5,7,11,14,17-18,21,32H,4,6,8-10,12H2,1-3H3,(H,30,33)(H2,27,28,29,31)/t17-,18?,21+/m1/s1. The van der Waals surface area contributed by atoms with Crippen molar-refractivity contribution < 1.29 is 9.90 Å². The summed E-state index contributed by atoms with van der Waals surface area (Å²) in [6, 6.07) is 8.42. The van der Waals surface area contributed by atoms with Crippen LogP contribution in [0.2, 0.25) is 0 Å². The predicted octanol–water partition coefficient (Wildman–Crippen LogP) is 3.80. The summed E-state index contributed by atoms with van der Waals surface area (Å²) in [6.07, 6.45) is 5.07. The van der Waals surface area contributed by atoms with Gasteiger partial charge in [0.1, 0.15) is 17.5 Å². The van der Waals surface area contributed by atoms with Crippen LogP contribution in [0, 0.1) is 16.7 Å². The number of nitrogens with zero attached hydrogens (tertiary/aromatic N) is 3. The van der Waals surface area contributed by atoms with Gasteiger partial charge in [0.25, 0.3) is 0 Å². The van der Waals surface area contributed by atoms with Crippen LogP contribution in [-0.4, -0.2) is 39.7 Å². The van der Waals surface area contributed by atoms with Crippen LogP contribution in [0.15, 0.2) is 24.4 Å². The second-order valence-electron chi connectivity index (χ2n) is 9.73. The van der Waals surface area contributed by atoms with Crippen molar-refractivity contribution >= 4 is 23.4 Å². The molecular formula is C25H32N6O2. The molecule has 0 spiro atoms. The van der Waals surface area contributed by atoms with Gasteiger partial charge in [-0.1, -0.05) is 32.9 Å². The van der Waals surface area contributed by atoms with E-state index in [4.69, 9.17) is 0 Å². The third-order valence-corrected chi connectivity index (χ3v) is 6.90. The zero-order valence-corrected chi connectivity index (χ0v) is 19.5. The molecular weight excluding hydrogens is 416 g/mol. The van der Waals surface area contributed by atoms with E-state index < -0.39 is 0 Å². The molecule has 4 rings (SSSR count). The molecule has 174 valence electrons. The number of benzene rings is 1. The minimum Gasteiger partial charge on any atom is -0.393 e. The van der Waals surface area contributed by atoms with E-state index in [2.05, 4.69) is 58.8 Å². The second-order valence-corrected chi connectivity index (χ2v) is 9.73. The zero-order chi connectivity index (χ0) is 23.6. The van der Waals surface area contributed by atoms with Crippen molar-refractivity contribution in [2.24, 2.45) is 5.41 Å². The third kappa shape index (κ3) is 4.93. The fourth-order valence-electron chi connectivity index (χ4n) is 4.81. The van der Waals surface area contributed by atoms with Gasteiger partial charge in [-0.25, -0.2) is 4.98 Å². The van der Waals surface area contributed by atoms with Gasteiger partial charge in [-0.15, -0.1) is 0 Å². The van der Waals surface area contributed by atoms with Crippen LogP contribution in [0.5, 0.6) is 0 Å². The van der Waals surface area contributed by atoms with Crippen molar-refractivity contribution in [2.75, 3.05) is 22.5 Å². The van der Waals surface area contributed by atoms with Crippen molar-refractivity contribution in [1.82, 2.24) is 9.97 Å². The molecule has 1 amide bonds. The van der Waals surface area contributed by atoms with E-state index in [0.29, 0.717) is 36.7 Å². The molecule has 0 radical (unpaired) electrons. The van der Waals surface area contributed by atoms with Crippen LogP contribution in [0.3, 0.4) is 0 Å². The minimum atomic E-state index is -0.320. The Kier molecular flexibility index (Phi) is 6.52. The highest BCUT2D eigenvalue weighted by Crippen LogP contribution is 2.37. The van der Waals surface area contributed by atoms with Crippen LogP contribution in [-0.2, 0) is 11.2 Å².